The van der Waals surface area contributed by atoms with E-state index in [0.717, 1.165) is 16.8 Å². The number of amidine groups is 1. The van der Waals surface area contributed by atoms with Crippen LogP contribution in [0, 0.1) is 20.8 Å². The van der Waals surface area contributed by atoms with Gasteiger partial charge in [0.1, 0.15) is 6.61 Å². The molecule has 3 aromatic carbocycles. The highest BCUT2D eigenvalue weighted by Gasteiger charge is 2.32. The SMILES string of the molecule is CCOc1cc(/C=C2\SC(=Nc3ccc(C)c(C)c3)N(CC)C2=O)ccc1OCc1cccc(C)c1. The third-order valence-corrected chi connectivity index (χ3v) is 6.97. The molecule has 0 saturated carbocycles. The molecule has 3 aromatic rings. The van der Waals surface area contributed by atoms with Crippen molar-refractivity contribution in [1.82, 2.24) is 4.90 Å². The topological polar surface area (TPSA) is 51.1 Å². The van der Waals surface area contributed by atoms with Crippen molar-refractivity contribution < 1.29 is 14.3 Å². The Hall–Kier alpha value is -3.51. The molecule has 36 heavy (non-hydrogen) atoms. The van der Waals surface area contributed by atoms with E-state index in [9.17, 15) is 4.79 Å². The van der Waals surface area contributed by atoms with E-state index >= 15 is 0 Å². The van der Waals surface area contributed by atoms with Gasteiger partial charge >= 0.3 is 0 Å². The van der Waals surface area contributed by atoms with Crippen molar-refractivity contribution in [2.24, 2.45) is 4.99 Å². The molecule has 186 valence electrons. The minimum Gasteiger partial charge on any atom is -0.490 e. The summed E-state index contributed by atoms with van der Waals surface area (Å²) in [6, 6.07) is 20.1. The Labute approximate surface area is 217 Å². The van der Waals surface area contributed by atoms with Gasteiger partial charge in [-0.05, 0) is 99.0 Å². The summed E-state index contributed by atoms with van der Waals surface area (Å²) in [5.41, 5.74) is 6.43. The fourth-order valence-electron chi connectivity index (χ4n) is 3.89. The maximum absolute atomic E-state index is 13.1. The smallest absolute Gasteiger partial charge is 0.266 e. The van der Waals surface area contributed by atoms with Crippen LogP contribution in [0.2, 0.25) is 0 Å². The standard InChI is InChI=1S/C30H32N2O3S/c1-6-32-29(33)28(36-30(32)31-25-13-11-21(4)22(5)16-25)18-23-12-14-26(27(17-23)34-7-2)35-19-24-10-8-9-20(3)15-24/h8-18H,6-7,19H2,1-5H3/b28-18-,31-30?. The molecule has 1 fully saturated rings. The van der Waals surface area contributed by atoms with Crippen LogP contribution in [0.5, 0.6) is 11.5 Å². The summed E-state index contributed by atoms with van der Waals surface area (Å²) in [4.78, 5) is 20.3. The summed E-state index contributed by atoms with van der Waals surface area (Å²) in [5, 5.41) is 0.695. The number of rotatable bonds is 8. The van der Waals surface area contributed by atoms with Crippen molar-refractivity contribution in [3.05, 3.63) is 93.4 Å². The largest absolute Gasteiger partial charge is 0.490 e. The Balaban J connectivity index is 1.57. The summed E-state index contributed by atoms with van der Waals surface area (Å²) in [5.74, 6) is 1.30. The Morgan fingerprint density at radius 1 is 0.917 bits per heavy atom. The average molecular weight is 501 g/mol. The van der Waals surface area contributed by atoms with Gasteiger partial charge in [-0.2, -0.15) is 0 Å². The molecule has 0 radical (unpaired) electrons. The summed E-state index contributed by atoms with van der Waals surface area (Å²) in [7, 11) is 0. The number of hydrogen-bond acceptors (Lipinski definition) is 5. The van der Waals surface area contributed by atoms with Gasteiger partial charge in [0.25, 0.3) is 5.91 Å². The highest BCUT2D eigenvalue weighted by Crippen LogP contribution is 2.36. The second kappa shape index (κ2) is 11.5. The van der Waals surface area contributed by atoms with E-state index < -0.39 is 0 Å². The predicted molar refractivity (Wildman–Crippen MR) is 149 cm³/mol. The molecule has 0 N–H and O–H groups in total. The maximum Gasteiger partial charge on any atom is 0.266 e. The van der Waals surface area contributed by atoms with Gasteiger partial charge in [0.15, 0.2) is 16.7 Å². The average Bonchev–Trinajstić information content (AvgIpc) is 3.14. The van der Waals surface area contributed by atoms with Crippen molar-refractivity contribution in [3.8, 4) is 11.5 Å². The van der Waals surface area contributed by atoms with E-state index in [4.69, 9.17) is 14.5 Å². The molecule has 6 heteroatoms. The van der Waals surface area contributed by atoms with Gasteiger partial charge in [0.2, 0.25) is 0 Å². The van der Waals surface area contributed by atoms with E-state index in [2.05, 4.69) is 39.0 Å². The molecular formula is C30H32N2O3S. The Bertz CT molecular complexity index is 1330. The lowest BCUT2D eigenvalue weighted by molar-refractivity contribution is -0.122. The van der Waals surface area contributed by atoms with Crippen molar-refractivity contribution >= 4 is 34.6 Å². The minimum absolute atomic E-state index is 0.0391. The fraction of sp³-hybridized carbons (Fsp3) is 0.267. The monoisotopic (exact) mass is 500 g/mol. The molecule has 1 saturated heterocycles. The molecule has 1 heterocycles. The number of carbonyl (C=O) groups excluding carboxylic acids is 1. The van der Waals surface area contributed by atoms with Gasteiger partial charge in [0, 0.05) is 6.54 Å². The molecule has 1 aliphatic rings. The third-order valence-electron chi connectivity index (χ3n) is 5.96. The number of thioether (sulfide) groups is 1. The van der Waals surface area contributed by atoms with Crippen LogP contribution in [-0.2, 0) is 11.4 Å². The van der Waals surface area contributed by atoms with Crippen molar-refractivity contribution in [2.45, 2.75) is 41.2 Å². The van der Waals surface area contributed by atoms with Crippen LogP contribution in [0.15, 0.2) is 70.6 Å². The Morgan fingerprint density at radius 2 is 1.75 bits per heavy atom. The Kier molecular flexibility index (Phi) is 8.16. The molecule has 0 aromatic heterocycles. The number of likely N-dealkylation sites (N-methyl/N-ethyl adjacent to an activating group) is 1. The van der Waals surface area contributed by atoms with E-state index in [0.29, 0.717) is 41.3 Å². The zero-order chi connectivity index (χ0) is 25.7. The molecule has 4 rings (SSSR count). The highest BCUT2D eigenvalue weighted by atomic mass is 32.2. The van der Waals surface area contributed by atoms with Gasteiger partial charge < -0.3 is 9.47 Å². The molecule has 1 aliphatic heterocycles. The quantitative estimate of drug-likeness (QED) is 0.307. The maximum atomic E-state index is 13.1. The molecule has 0 atom stereocenters. The summed E-state index contributed by atoms with van der Waals surface area (Å²) in [6.45, 7) is 11.7. The fourth-order valence-corrected chi connectivity index (χ4v) is 4.95. The second-order valence-electron chi connectivity index (χ2n) is 8.74. The lowest BCUT2D eigenvalue weighted by atomic mass is 10.1. The molecule has 0 aliphatic carbocycles. The third kappa shape index (κ3) is 6.00. The zero-order valence-corrected chi connectivity index (χ0v) is 22.3. The van der Waals surface area contributed by atoms with Crippen molar-refractivity contribution in [3.63, 3.8) is 0 Å². The number of amides is 1. The van der Waals surface area contributed by atoms with Crippen LogP contribution >= 0.6 is 11.8 Å². The van der Waals surface area contributed by atoms with Crippen LogP contribution in [0.1, 0.15) is 41.7 Å². The first-order valence-electron chi connectivity index (χ1n) is 12.2. The second-order valence-corrected chi connectivity index (χ2v) is 9.75. The normalized spacial score (nSPS) is 15.7. The molecule has 0 unspecified atom stereocenters. The number of nitrogens with zero attached hydrogens (tertiary/aromatic N) is 2. The van der Waals surface area contributed by atoms with Crippen LogP contribution in [-0.4, -0.2) is 29.1 Å². The first-order valence-corrected chi connectivity index (χ1v) is 13.0. The van der Waals surface area contributed by atoms with Crippen LogP contribution in [0.25, 0.3) is 6.08 Å². The number of aliphatic imine (C=N–C) groups is 1. The first-order chi connectivity index (χ1) is 17.4. The number of aryl methyl sites for hydroxylation is 3. The molecule has 1 amide bonds. The lowest BCUT2D eigenvalue weighted by Gasteiger charge is -2.13. The number of carbonyl (C=O) groups is 1. The van der Waals surface area contributed by atoms with Crippen molar-refractivity contribution in [1.29, 1.82) is 0 Å². The lowest BCUT2D eigenvalue weighted by Crippen LogP contribution is -2.28. The van der Waals surface area contributed by atoms with E-state index in [-0.39, 0.29) is 5.91 Å². The number of benzene rings is 3. The van der Waals surface area contributed by atoms with Gasteiger partial charge in [-0.15, -0.1) is 0 Å². The van der Waals surface area contributed by atoms with Crippen LogP contribution < -0.4 is 9.47 Å². The van der Waals surface area contributed by atoms with Gasteiger partial charge in [0.05, 0.1) is 17.2 Å². The van der Waals surface area contributed by atoms with Gasteiger partial charge in [-0.3, -0.25) is 9.69 Å². The van der Waals surface area contributed by atoms with E-state index in [1.165, 1.54) is 28.5 Å². The van der Waals surface area contributed by atoms with Crippen molar-refractivity contribution in [2.75, 3.05) is 13.2 Å². The van der Waals surface area contributed by atoms with Crippen LogP contribution in [0.4, 0.5) is 5.69 Å². The number of ether oxygens (including phenoxy) is 2. The molecule has 5 nitrogen and oxygen atoms in total. The summed E-state index contributed by atoms with van der Waals surface area (Å²) in [6.07, 6.45) is 1.89. The molecule has 0 spiro atoms. The highest BCUT2D eigenvalue weighted by molar-refractivity contribution is 8.18. The van der Waals surface area contributed by atoms with Gasteiger partial charge in [-0.25, -0.2) is 4.99 Å². The van der Waals surface area contributed by atoms with Crippen LogP contribution in [0.3, 0.4) is 0 Å². The predicted octanol–water partition coefficient (Wildman–Crippen LogP) is 7.21. The molecular weight excluding hydrogens is 468 g/mol. The number of hydrogen-bond donors (Lipinski definition) is 0. The van der Waals surface area contributed by atoms with E-state index in [1.807, 2.05) is 62.4 Å². The Morgan fingerprint density at radius 3 is 2.47 bits per heavy atom. The van der Waals surface area contributed by atoms with Gasteiger partial charge in [-0.1, -0.05) is 42.0 Å². The zero-order valence-electron chi connectivity index (χ0n) is 21.5. The summed E-state index contributed by atoms with van der Waals surface area (Å²) >= 11 is 1.40. The first kappa shape index (κ1) is 25.6. The minimum atomic E-state index is -0.0391. The molecule has 0 bridgehead atoms. The van der Waals surface area contributed by atoms with E-state index in [1.54, 1.807) is 4.90 Å². The summed E-state index contributed by atoms with van der Waals surface area (Å²) < 4.78 is 11.9.